The zero-order chi connectivity index (χ0) is 21.4. The maximum absolute atomic E-state index is 12.4. The second kappa shape index (κ2) is 10.6. The van der Waals surface area contributed by atoms with Crippen molar-refractivity contribution in [3.8, 4) is 23.0 Å². The van der Waals surface area contributed by atoms with Crippen molar-refractivity contribution in [3.63, 3.8) is 0 Å². The Morgan fingerprint density at radius 2 is 1.83 bits per heavy atom. The van der Waals surface area contributed by atoms with Crippen LogP contribution in [0, 0.1) is 0 Å². The van der Waals surface area contributed by atoms with Gasteiger partial charge in [0.2, 0.25) is 5.91 Å². The fourth-order valence-electron chi connectivity index (χ4n) is 2.81. The molecule has 7 heteroatoms. The van der Waals surface area contributed by atoms with E-state index in [1.54, 1.807) is 44.6 Å². The fourth-order valence-corrected chi connectivity index (χ4v) is 3.08. The summed E-state index contributed by atoms with van der Waals surface area (Å²) in [5.41, 5.74) is 1.54. The Morgan fingerprint density at radius 1 is 1.10 bits per heavy atom. The van der Waals surface area contributed by atoms with Gasteiger partial charge < -0.3 is 24.3 Å². The lowest BCUT2D eigenvalue weighted by Gasteiger charge is -2.17. The van der Waals surface area contributed by atoms with Crippen molar-refractivity contribution in [1.29, 1.82) is 0 Å². The Morgan fingerprint density at radius 3 is 2.45 bits per heavy atom. The topological polar surface area (TPSA) is 66.0 Å². The van der Waals surface area contributed by atoms with Crippen LogP contribution < -0.4 is 24.3 Å². The molecule has 6 nitrogen and oxygen atoms in total. The van der Waals surface area contributed by atoms with Crippen molar-refractivity contribution in [2.75, 3.05) is 27.9 Å². The monoisotopic (exact) mass is 419 g/mol. The van der Waals surface area contributed by atoms with Crippen LogP contribution in [0.4, 0.5) is 0 Å². The van der Waals surface area contributed by atoms with Gasteiger partial charge in [0.25, 0.3) is 0 Å². The number of methoxy groups -OCH3 is 3. The average molecular weight is 420 g/mol. The maximum atomic E-state index is 12.4. The van der Waals surface area contributed by atoms with Crippen LogP contribution in [0.5, 0.6) is 23.0 Å². The maximum Gasteiger partial charge on any atom is 0.244 e. The number of halogens is 1. The molecule has 0 saturated carbocycles. The molecule has 1 N–H and O–H groups in total. The number of hydrogen-bond donors (Lipinski definition) is 1. The van der Waals surface area contributed by atoms with Gasteiger partial charge in [-0.25, -0.2) is 0 Å². The molecule has 156 valence electrons. The summed E-state index contributed by atoms with van der Waals surface area (Å²) in [6, 6.07) is 8.64. The Bertz CT molecular complexity index is 882. The first-order valence-corrected chi connectivity index (χ1v) is 9.52. The van der Waals surface area contributed by atoms with Crippen LogP contribution in [0.2, 0.25) is 5.02 Å². The van der Waals surface area contributed by atoms with Crippen molar-refractivity contribution in [2.45, 2.75) is 19.9 Å². The van der Waals surface area contributed by atoms with Crippen molar-refractivity contribution in [2.24, 2.45) is 0 Å². The molecule has 0 unspecified atom stereocenters. The molecule has 1 amide bonds. The van der Waals surface area contributed by atoms with Crippen molar-refractivity contribution >= 4 is 23.6 Å². The molecule has 0 aliphatic heterocycles. The summed E-state index contributed by atoms with van der Waals surface area (Å²) in [5, 5.41) is 3.33. The predicted octanol–water partition coefficient (Wildman–Crippen LogP) is 4.66. The Balaban J connectivity index is 2.15. The Labute approximate surface area is 176 Å². The normalized spacial score (nSPS) is 11.8. The summed E-state index contributed by atoms with van der Waals surface area (Å²) in [4.78, 5) is 12.4. The molecule has 2 rings (SSSR count). The summed E-state index contributed by atoms with van der Waals surface area (Å²) in [6.45, 7) is 4.21. The van der Waals surface area contributed by atoms with E-state index in [4.69, 9.17) is 30.5 Å². The van der Waals surface area contributed by atoms with Gasteiger partial charge in [-0.2, -0.15) is 0 Å². The number of hydrogen-bond acceptors (Lipinski definition) is 5. The molecule has 0 saturated heterocycles. The number of nitrogens with one attached hydrogen (secondary N) is 1. The minimum atomic E-state index is -0.282. The molecular formula is C22H26ClNO5. The van der Waals surface area contributed by atoms with Gasteiger partial charge in [-0.3, -0.25) is 4.79 Å². The van der Waals surface area contributed by atoms with E-state index in [9.17, 15) is 4.79 Å². The molecule has 0 bridgehead atoms. The molecular weight excluding hydrogens is 394 g/mol. The zero-order valence-electron chi connectivity index (χ0n) is 17.2. The third-order valence-corrected chi connectivity index (χ3v) is 4.51. The number of ether oxygens (including phenoxy) is 4. The molecule has 1 atom stereocenters. The SMILES string of the molecule is CCOc1c(Cl)cc(/C=C/C(=O)N[C@@H](C)c2cc(OC)ccc2OC)cc1OC. The van der Waals surface area contributed by atoms with Crippen molar-refractivity contribution in [3.05, 3.63) is 52.6 Å². The van der Waals surface area contributed by atoms with E-state index in [-0.39, 0.29) is 11.9 Å². The summed E-state index contributed by atoms with van der Waals surface area (Å²) in [6.07, 6.45) is 3.10. The molecule has 29 heavy (non-hydrogen) atoms. The first kappa shape index (κ1) is 22.4. The highest BCUT2D eigenvalue weighted by Gasteiger charge is 2.15. The number of amides is 1. The van der Waals surface area contributed by atoms with Gasteiger partial charge in [-0.1, -0.05) is 11.6 Å². The molecule has 0 heterocycles. The van der Waals surface area contributed by atoms with Crippen LogP contribution >= 0.6 is 11.6 Å². The number of carbonyl (C=O) groups excluding carboxylic acids is 1. The van der Waals surface area contributed by atoms with E-state index in [2.05, 4.69) is 5.32 Å². The first-order chi connectivity index (χ1) is 13.9. The highest BCUT2D eigenvalue weighted by molar-refractivity contribution is 6.32. The first-order valence-electron chi connectivity index (χ1n) is 9.14. The van der Waals surface area contributed by atoms with Crippen LogP contribution in [0.15, 0.2) is 36.4 Å². The van der Waals surface area contributed by atoms with E-state index >= 15 is 0 Å². The van der Waals surface area contributed by atoms with Gasteiger partial charge in [-0.15, -0.1) is 0 Å². The van der Waals surface area contributed by atoms with E-state index in [0.29, 0.717) is 34.6 Å². The van der Waals surface area contributed by atoms with Gasteiger partial charge in [0.1, 0.15) is 11.5 Å². The Hall–Kier alpha value is -2.86. The molecule has 0 aliphatic carbocycles. The summed E-state index contributed by atoms with van der Waals surface area (Å²) in [5.74, 6) is 2.09. The van der Waals surface area contributed by atoms with Crippen LogP contribution in [-0.4, -0.2) is 33.8 Å². The third-order valence-electron chi connectivity index (χ3n) is 4.23. The van der Waals surface area contributed by atoms with Gasteiger partial charge in [0, 0.05) is 11.6 Å². The van der Waals surface area contributed by atoms with Crippen LogP contribution in [0.25, 0.3) is 6.08 Å². The number of carbonyl (C=O) groups is 1. The molecule has 0 spiro atoms. The van der Waals surface area contributed by atoms with E-state index < -0.39 is 0 Å². The van der Waals surface area contributed by atoms with E-state index in [1.165, 1.54) is 13.2 Å². The number of rotatable bonds is 9. The van der Waals surface area contributed by atoms with Crippen LogP contribution in [0.3, 0.4) is 0 Å². The summed E-state index contributed by atoms with van der Waals surface area (Å²) >= 11 is 6.27. The van der Waals surface area contributed by atoms with Crippen LogP contribution in [0.1, 0.15) is 31.0 Å². The van der Waals surface area contributed by atoms with Gasteiger partial charge in [-0.05, 0) is 55.8 Å². The van der Waals surface area contributed by atoms with Crippen molar-refractivity contribution < 1.29 is 23.7 Å². The molecule has 0 fully saturated rings. The second-order valence-corrected chi connectivity index (χ2v) is 6.55. The zero-order valence-corrected chi connectivity index (χ0v) is 18.0. The lowest BCUT2D eigenvalue weighted by Crippen LogP contribution is -2.25. The van der Waals surface area contributed by atoms with Gasteiger partial charge in [0.15, 0.2) is 11.5 Å². The highest BCUT2D eigenvalue weighted by atomic mass is 35.5. The smallest absolute Gasteiger partial charge is 0.244 e. The van der Waals surface area contributed by atoms with Crippen LogP contribution in [-0.2, 0) is 4.79 Å². The van der Waals surface area contributed by atoms with Crippen molar-refractivity contribution in [1.82, 2.24) is 5.32 Å². The minimum absolute atomic E-state index is 0.258. The quantitative estimate of drug-likeness (QED) is 0.599. The lowest BCUT2D eigenvalue weighted by molar-refractivity contribution is -0.117. The van der Waals surface area contributed by atoms with Gasteiger partial charge >= 0.3 is 0 Å². The lowest BCUT2D eigenvalue weighted by atomic mass is 10.1. The largest absolute Gasteiger partial charge is 0.497 e. The molecule has 2 aromatic carbocycles. The Kier molecular flexibility index (Phi) is 8.21. The molecule has 0 aromatic heterocycles. The standard InChI is InChI=1S/C22H26ClNO5/c1-6-29-22-18(23)11-15(12-20(22)28-5)7-10-21(25)24-14(2)17-13-16(26-3)8-9-19(17)27-4/h7-14H,6H2,1-5H3,(H,24,25)/b10-7+/t14-/m0/s1. The highest BCUT2D eigenvalue weighted by Crippen LogP contribution is 2.36. The van der Waals surface area contributed by atoms with Gasteiger partial charge in [0.05, 0.1) is 39.0 Å². The minimum Gasteiger partial charge on any atom is -0.497 e. The average Bonchev–Trinajstić information content (AvgIpc) is 2.73. The number of benzene rings is 2. The second-order valence-electron chi connectivity index (χ2n) is 6.14. The van der Waals surface area contributed by atoms with E-state index in [1.807, 2.05) is 19.9 Å². The molecule has 0 aliphatic rings. The summed E-state index contributed by atoms with van der Waals surface area (Å²) < 4.78 is 21.5. The predicted molar refractivity (Wildman–Crippen MR) is 114 cm³/mol. The molecule has 2 aromatic rings. The fraction of sp³-hybridized carbons (Fsp3) is 0.318. The molecule has 0 radical (unpaired) electrons. The summed E-state index contributed by atoms with van der Waals surface area (Å²) in [7, 11) is 4.72. The van der Waals surface area contributed by atoms with E-state index in [0.717, 1.165) is 11.1 Å². The third kappa shape index (κ3) is 5.81.